The van der Waals surface area contributed by atoms with Gasteiger partial charge in [-0.3, -0.25) is 0 Å². The van der Waals surface area contributed by atoms with Crippen molar-refractivity contribution in [3.05, 3.63) is 35.4 Å². The molecule has 19 heavy (non-hydrogen) atoms. The zero-order valence-electron chi connectivity index (χ0n) is 12.7. The van der Waals surface area contributed by atoms with E-state index in [4.69, 9.17) is 0 Å². The van der Waals surface area contributed by atoms with E-state index in [2.05, 4.69) is 67.4 Å². The van der Waals surface area contributed by atoms with Gasteiger partial charge in [-0.05, 0) is 40.1 Å². The number of rotatable bonds is 4. The molecule has 0 saturated carbocycles. The number of aryl methyl sites for hydroxylation is 1. The molecule has 2 unspecified atom stereocenters. The lowest BCUT2D eigenvalue weighted by Gasteiger charge is -2.39. The molecule has 3 heteroatoms. The summed E-state index contributed by atoms with van der Waals surface area (Å²) in [5.74, 6) is 0. The van der Waals surface area contributed by atoms with E-state index in [-0.39, 0.29) is 0 Å². The van der Waals surface area contributed by atoms with Crippen molar-refractivity contribution in [2.24, 2.45) is 0 Å². The second-order valence-corrected chi connectivity index (χ2v) is 5.89. The number of piperazine rings is 1. The fourth-order valence-electron chi connectivity index (χ4n) is 2.94. The summed E-state index contributed by atoms with van der Waals surface area (Å²) in [5, 5.41) is 3.48. The number of likely N-dealkylation sites (N-methyl/N-ethyl adjacent to an activating group) is 2. The third-order valence-corrected chi connectivity index (χ3v) is 4.28. The smallest absolute Gasteiger partial charge is 0.0333 e. The number of nitrogens with zero attached hydrogens (tertiary/aromatic N) is 2. The summed E-state index contributed by atoms with van der Waals surface area (Å²) >= 11 is 0. The van der Waals surface area contributed by atoms with Crippen LogP contribution in [0.2, 0.25) is 0 Å². The summed E-state index contributed by atoms with van der Waals surface area (Å²) < 4.78 is 0. The lowest BCUT2D eigenvalue weighted by Crippen LogP contribution is -2.50. The van der Waals surface area contributed by atoms with Gasteiger partial charge in [0.2, 0.25) is 0 Å². The summed E-state index contributed by atoms with van der Waals surface area (Å²) in [5.41, 5.74) is 2.75. The van der Waals surface area contributed by atoms with Crippen molar-refractivity contribution in [2.45, 2.75) is 25.4 Å². The van der Waals surface area contributed by atoms with E-state index in [0.717, 1.165) is 0 Å². The Morgan fingerprint density at radius 2 is 2.11 bits per heavy atom. The molecule has 1 aromatic carbocycles. The Morgan fingerprint density at radius 3 is 2.79 bits per heavy atom. The van der Waals surface area contributed by atoms with Crippen LogP contribution in [-0.2, 0) is 0 Å². The zero-order chi connectivity index (χ0) is 13.8. The molecule has 0 aromatic heterocycles. The van der Waals surface area contributed by atoms with Crippen LogP contribution in [0.3, 0.4) is 0 Å². The third-order valence-electron chi connectivity index (χ3n) is 4.28. The average Bonchev–Trinajstić information content (AvgIpc) is 2.39. The first kappa shape index (κ1) is 14.5. The topological polar surface area (TPSA) is 18.5 Å². The van der Waals surface area contributed by atoms with Gasteiger partial charge in [-0.1, -0.05) is 29.8 Å². The van der Waals surface area contributed by atoms with E-state index < -0.39 is 0 Å². The Morgan fingerprint density at radius 1 is 1.32 bits per heavy atom. The van der Waals surface area contributed by atoms with E-state index in [1.54, 1.807) is 0 Å². The monoisotopic (exact) mass is 261 g/mol. The van der Waals surface area contributed by atoms with Crippen LogP contribution in [-0.4, -0.2) is 56.6 Å². The summed E-state index contributed by atoms with van der Waals surface area (Å²) in [6.45, 7) is 5.68. The highest BCUT2D eigenvalue weighted by atomic mass is 15.3. The first-order valence-electron chi connectivity index (χ1n) is 7.22. The van der Waals surface area contributed by atoms with E-state index >= 15 is 0 Å². The van der Waals surface area contributed by atoms with E-state index in [0.29, 0.717) is 12.1 Å². The highest BCUT2D eigenvalue weighted by Crippen LogP contribution is 2.22. The molecule has 3 nitrogen and oxygen atoms in total. The second-order valence-electron chi connectivity index (χ2n) is 5.89. The van der Waals surface area contributed by atoms with Crippen molar-refractivity contribution in [1.29, 1.82) is 0 Å². The summed E-state index contributed by atoms with van der Waals surface area (Å²) in [6.07, 6.45) is 1.17. The van der Waals surface area contributed by atoms with Gasteiger partial charge in [0, 0.05) is 31.7 Å². The Labute approximate surface area is 117 Å². The molecule has 1 aliphatic heterocycles. The Kier molecular flexibility index (Phi) is 4.97. The zero-order valence-corrected chi connectivity index (χ0v) is 12.7. The van der Waals surface area contributed by atoms with Gasteiger partial charge in [0.1, 0.15) is 0 Å². The maximum absolute atomic E-state index is 3.48. The minimum absolute atomic E-state index is 0.443. The largest absolute Gasteiger partial charge is 0.313 e. The van der Waals surface area contributed by atoms with Crippen LogP contribution in [0.5, 0.6) is 0 Å². The van der Waals surface area contributed by atoms with Crippen molar-refractivity contribution in [2.75, 3.05) is 40.8 Å². The maximum atomic E-state index is 3.48. The van der Waals surface area contributed by atoms with Crippen LogP contribution in [0.4, 0.5) is 0 Å². The molecule has 1 N–H and O–H groups in total. The minimum Gasteiger partial charge on any atom is -0.313 e. The standard InChI is InChI=1S/C16H27N3/c1-13-6-5-7-14(10-13)16(17-2)11-15-12-18(3)8-9-19(15)4/h5-7,10,15-17H,8-9,11-12H2,1-4H3. The predicted molar refractivity (Wildman–Crippen MR) is 81.5 cm³/mol. The van der Waals surface area contributed by atoms with Crippen molar-refractivity contribution in [1.82, 2.24) is 15.1 Å². The van der Waals surface area contributed by atoms with Crippen molar-refractivity contribution in [3.8, 4) is 0 Å². The van der Waals surface area contributed by atoms with Crippen LogP contribution >= 0.6 is 0 Å². The van der Waals surface area contributed by atoms with Gasteiger partial charge in [0.15, 0.2) is 0 Å². The van der Waals surface area contributed by atoms with Crippen LogP contribution in [0, 0.1) is 6.92 Å². The van der Waals surface area contributed by atoms with Crippen LogP contribution in [0.1, 0.15) is 23.6 Å². The third kappa shape index (κ3) is 3.78. The number of benzene rings is 1. The molecule has 1 saturated heterocycles. The highest BCUT2D eigenvalue weighted by Gasteiger charge is 2.25. The van der Waals surface area contributed by atoms with E-state index in [1.165, 1.54) is 37.2 Å². The molecule has 0 radical (unpaired) electrons. The van der Waals surface area contributed by atoms with Gasteiger partial charge in [-0.2, -0.15) is 0 Å². The molecule has 1 aromatic rings. The summed E-state index contributed by atoms with van der Waals surface area (Å²) in [4.78, 5) is 4.94. The number of nitrogens with one attached hydrogen (secondary N) is 1. The Hall–Kier alpha value is -0.900. The lowest BCUT2D eigenvalue weighted by molar-refractivity contribution is 0.102. The Bertz CT molecular complexity index is 405. The SMILES string of the molecule is CNC(CC1CN(C)CCN1C)c1cccc(C)c1. The molecule has 0 bridgehead atoms. The maximum Gasteiger partial charge on any atom is 0.0333 e. The molecular weight excluding hydrogens is 234 g/mol. The molecule has 1 fully saturated rings. The van der Waals surface area contributed by atoms with E-state index in [1.807, 2.05) is 0 Å². The molecule has 0 spiro atoms. The van der Waals surface area contributed by atoms with Crippen LogP contribution < -0.4 is 5.32 Å². The van der Waals surface area contributed by atoms with Gasteiger partial charge in [0.05, 0.1) is 0 Å². The quantitative estimate of drug-likeness (QED) is 0.893. The van der Waals surface area contributed by atoms with Crippen molar-refractivity contribution < 1.29 is 0 Å². The summed E-state index contributed by atoms with van der Waals surface area (Å²) in [6, 6.07) is 9.94. The molecule has 2 rings (SSSR count). The highest BCUT2D eigenvalue weighted by molar-refractivity contribution is 5.25. The molecule has 1 aliphatic rings. The first-order chi connectivity index (χ1) is 9.10. The van der Waals surface area contributed by atoms with E-state index in [9.17, 15) is 0 Å². The minimum atomic E-state index is 0.443. The number of hydrogen-bond donors (Lipinski definition) is 1. The average molecular weight is 261 g/mol. The molecule has 0 aliphatic carbocycles. The Balaban J connectivity index is 2.06. The van der Waals surface area contributed by atoms with Gasteiger partial charge in [0.25, 0.3) is 0 Å². The molecule has 2 atom stereocenters. The van der Waals surface area contributed by atoms with Gasteiger partial charge < -0.3 is 15.1 Å². The predicted octanol–water partition coefficient (Wildman–Crippen LogP) is 1.89. The second kappa shape index (κ2) is 6.51. The molecular formula is C16H27N3. The molecule has 0 amide bonds. The van der Waals surface area contributed by atoms with Gasteiger partial charge in [-0.15, -0.1) is 0 Å². The molecule has 106 valence electrons. The van der Waals surface area contributed by atoms with Crippen molar-refractivity contribution in [3.63, 3.8) is 0 Å². The van der Waals surface area contributed by atoms with Crippen LogP contribution in [0.25, 0.3) is 0 Å². The lowest BCUT2D eigenvalue weighted by atomic mass is 9.96. The molecule has 1 heterocycles. The normalized spacial score (nSPS) is 23.5. The van der Waals surface area contributed by atoms with Gasteiger partial charge in [-0.25, -0.2) is 0 Å². The number of hydrogen-bond acceptors (Lipinski definition) is 3. The van der Waals surface area contributed by atoms with Crippen molar-refractivity contribution >= 4 is 0 Å². The van der Waals surface area contributed by atoms with Crippen LogP contribution in [0.15, 0.2) is 24.3 Å². The summed E-state index contributed by atoms with van der Waals surface area (Å²) in [7, 11) is 6.54. The fourth-order valence-corrected chi connectivity index (χ4v) is 2.94. The first-order valence-corrected chi connectivity index (χ1v) is 7.22. The van der Waals surface area contributed by atoms with Gasteiger partial charge >= 0.3 is 0 Å². The fraction of sp³-hybridized carbons (Fsp3) is 0.625.